The standard InChI is InChI=1S/C11H16N2O2S/c1-3-13(6-8(2)10(12)16)11(14)9-4-5-15-7-9/h4-5,7-8H,3,6H2,1-2H3,(H2,12,16). The van der Waals surface area contributed by atoms with Crippen molar-refractivity contribution in [1.29, 1.82) is 0 Å². The number of amides is 1. The first-order chi connectivity index (χ1) is 7.56. The minimum absolute atomic E-state index is 0.0193. The Balaban J connectivity index is 2.68. The van der Waals surface area contributed by atoms with Gasteiger partial charge in [0.15, 0.2) is 0 Å². The summed E-state index contributed by atoms with van der Waals surface area (Å²) in [7, 11) is 0. The van der Waals surface area contributed by atoms with Crippen LogP contribution in [-0.2, 0) is 0 Å². The van der Waals surface area contributed by atoms with Gasteiger partial charge < -0.3 is 15.1 Å². The van der Waals surface area contributed by atoms with Gasteiger partial charge in [0.2, 0.25) is 0 Å². The second kappa shape index (κ2) is 5.65. The first-order valence-corrected chi connectivity index (χ1v) is 5.57. The molecular formula is C11H16N2O2S. The maximum absolute atomic E-state index is 12.0. The fraction of sp³-hybridized carbons (Fsp3) is 0.455. The maximum atomic E-state index is 12.0. The van der Waals surface area contributed by atoms with Crippen LogP contribution in [0.15, 0.2) is 23.0 Å². The van der Waals surface area contributed by atoms with E-state index >= 15 is 0 Å². The minimum Gasteiger partial charge on any atom is -0.472 e. The zero-order chi connectivity index (χ0) is 12.1. The number of nitrogens with two attached hydrogens (primary N) is 1. The molecule has 2 N–H and O–H groups in total. The van der Waals surface area contributed by atoms with E-state index in [1.807, 2.05) is 13.8 Å². The van der Waals surface area contributed by atoms with Gasteiger partial charge in [-0.05, 0) is 13.0 Å². The highest BCUT2D eigenvalue weighted by Gasteiger charge is 2.18. The van der Waals surface area contributed by atoms with Crippen molar-refractivity contribution in [3.63, 3.8) is 0 Å². The largest absolute Gasteiger partial charge is 0.472 e. The number of hydrogen-bond donors (Lipinski definition) is 1. The van der Waals surface area contributed by atoms with Crippen LogP contribution in [0, 0.1) is 5.92 Å². The summed E-state index contributed by atoms with van der Waals surface area (Å²) in [4.78, 5) is 14.1. The maximum Gasteiger partial charge on any atom is 0.257 e. The molecule has 0 aliphatic carbocycles. The lowest BCUT2D eigenvalue weighted by atomic mass is 10.1. The van der Waals surface area contributed by atoms with Crippen LogP contribution in [0.4, 0.5) is 0 Å². The van der Waals surface area contributed by atoms with E-state index in [4.69, 9.17) is 22.4 Å². The van der Waals surface area contributed by atoms with Gasteiger partial charge in [0.1, 0.15) is 6.26 Å². The van der Waals surface area contributed by atoms with Crippen molar-refractivity contribution in [3.05, 3.63) is 24.2 Å². The molecule has 0 saturated heterocycles. The quantitative estimate of drug-likeness (QED) is 0.795. The van der Waals surface area contributed by atoms with Gasteiger partial charge >= 0.3 is 0 Å². The van der Waals surface area contributed by atoms with Crippen LogP contribution in [0.3, 0.4) is 0 Å². The first kappa shape index (κ1) is 12.7. The SMILES string of the molecule is CCN(CC(C)C(N)=S)C(=O)c1ccoc1. The van der Waals surface area contributed by atoms with E-state index in [1.165, 1.54) is 12.5 Å². The third-order valence-corrected chi connectivity index (χ3v) is 2.82. The Hall–Kier alpha value is -1.36. The van der Waals surface area contributed by atoms with E-state index in [0.717, 1.165) is 0 Å². The van der Waals surface area contributed by atoms with Crippen LogP contribution >= 0.6 is 12.2 Å². The number of carbonyl (C=O) groups is 1. The molecule has 1 rings (SSSR count). The summed E-state index contributed by atoms with van der Waals surface area (Å²) in [6.45, 7) is 4.99. The van der Waals surface area contributed by atoms with Crippen molar-refractivity contribution in [2.24, 2.45) is 11.7 Å². The van der Waals surface area contributed by atoms with Gasteiger partial charge in [-0.2, -0.15) is 0 Å². The lowest BCUT2D eigenvalue weighted by Gasteiger charge is -2.23. The molecule has 88 valence electrons. The summed E-state index contributed by atoms with van der Waals surface area (Å²) in [5, 5.41) is 0. The van der Waals surface area contributed by atoms with Crippen molar-refractivity contribution >= 4 is 23.1 Å². The fourth-order valence-electron chi connectivity index (χ4n) is 1.34. The molecule has 16 heavy (non-hydrogen) atoms. The molecule has 1 amide bonds. The van der Waals surface area contributed by atoms with E-state index in [9.17, 15) is 4.79 Å². The third-order valence-electron chi connectivity index (χ3n) is 2.42. The summed E-state index contributed by atoms with van der Waals surface area (Å²) in [6.07, 6.45) is 2.93. The number of thiocarbonyl (C=S) groups is 1. The highest BCUT2D eigenvalue weighted by Crippen LogP contribution is 2.08. The van der Waals surface area contributed by atoms with Gasteiger partial charge in [0.05, 0.1) is 16.8 Å². The Labute approximate surface area is 100 Å². The summed E-state index contributed by atoms with van der Waals surface area (Å²) >= 11 is 4.89. The Morgan fingerprint density at radius 1 is 1.69 bits per heavy atom. The van der Waals surface area contributed by atoms with Crippen LogP contribution in [-0.4, -0.2) is 28.9 Å². The van der Waals surface area contributed by atoms with Crippen LogP contribution in [0.2, 0.25) is 0 Å². The predicted molar refractivity (Wildman–Crippen MR) is 66.2 cm³/mol. The van der Waals surface area contributed by atoms with Crippen molar-refractivity contribution in [2.75, 3.05) is 13.1 Å². The molecule has 1 aromatic heterocycles. The molecule has 0 aromatic carbocycles. The summed E-state index contributed by atoms with van der Waals surface area (Å²) in [5.41, 5.74) is 6.09. The molecule has 0 spiro atoms. The summed E-state index contributed by atoms with van der Waals surface area (Å²) < 4.78 is 4.88. The molecule has 0 saturated carbocycles. The Bertz CT molecular complexity index is 362. The zero-order valence-electron chi connectivity index (χ0n) is 9.47. The van der Waals surface area contributed by atoms with E-state index in [2.05, 4.69) is 0 Å². The molecule has 4 nitrogen and oxygen atoms in total. The Morgan fingerprint density at radius 3 is 2.81 bits per heavy atom. The van der Waals surface area contributed by atoms with Crippen LogP contribution in [0.25, 0.3) is 0 Å². The first-order valence-electron chi connectivity index (χ1n) is 5.17. The van der Waals surface area contributed by atoms with Crippen molar-refractivity contribution in [2.45, 2.75) is 13.8 Å². The monoisotopic (exact) mass is 240 g/mol. The molecule has 1 atom stereocenters. The molecular weight excluding hydrogens is 224 g/mol. The second-order valence-corrected chi connectivity index (χ2v) is 4.13. The van der Waals surface area contributed by atoms with Crippen molar-refractivity contribution in [3.8, 4) is 0 Å². The molecule has 0 aliphatic heterocycles. The Kier molecular flexibility index (Phi) is 4.49. The summed E-state index contributed by atoms with van der Waals surface area (Å²) in [6, 6.07) is 1.65. The van der Waals surface area contributed by atoms with Gasteiger partial charge in [-0.1, -0.05) is 19.1 Å². The van der Waals surface area contributed by atoms with Gasteiger partial charge in [0, 0.05) is 19.0 Å². The van der Waals surface area contributed by atoms with Gasteiger partial charge in [0.25, 0.3) is 5.91 Å². The van der Waals surface area contributed by atoms with Crippen LogP contribution in [0.5, 0.6) is 0 Å². The molecule has 0 fully saturated rings. The normalized spacial score (nSPS) is 12.1. The van der Waals surface area contributed by atoms with E-state index in [0.29, 0.717) is 23.6 Å². The highest BCUT2D eigenvalue weighted by atomic mass is 32.1. The predicted octanol–water partition coefficient (Wildman–Crippen LogP) is 1.66. The number of nitrogens with zero attached hydrogens (tertiary/aromatic N) is 1. The van der Waals surface area contributed by atoms with Crippen LogP contribution < -0.4 is 5.73 Å². The van der Waals surface area contributed by atoms with Gasteiger partial charge in [-0.3, -0.25) is 4.79 Å². The Morgan fingerprint density at radius 2 is 2.38 bits per heavy atom. The van der Waals surface area contributed by atoms with Gasteiger partial charge in [-0.25, -0.2) is 0 Å². The molecule has 0 bridgehead atoms. The van der Waals surface area contributed by atoms with E-state index < -0.39 is 0 Å². The summed E-state index contributed by atoms with van der Waals surface area (Å²) in [5.74, 6) is -0.0369. The van der Waals surface area contributed by atoms with E-state index in [1.54, 1.807) is 11.0 Å². The lowest BCUT2D eigenvalue weighted by molar-refractivity contribution is 0.0754. The van der Waals surface area contributed by atoms with Crippen molar-refractivity contribution < 1.29 is 9.21 Å². The minimum atomic E-state index is -0.0562. The number of rotatable bonds is 5. The highest BCUT2D eigenvalue weighted by molar-refractivity contribution is 7.80. The number of hydrogen-bond acceptors (Lipinski definition) is 3. The fourth-order valence-corrected chi connectivity index (χ4v) is 1.42. The van der Waals surface area contributed by atoms with Crippen molar-refractivity contribution in [1.82, 2.24) is 4.90 Å². The average Bonchev–Trinajstić information content (AvgIpc) is 2.77. The number of furan rings is 1. The molecule has 0 aliphatic rings. The third kappa shape index (κ3) is 3.06. The topological polar surface area (TPSA) is 59.5 Å². The lowest BCUT2D eigenvalue weighted by Crippen LogP contribution is -2.37. The molecule has 1 unspecified atom stereocenters. The molecule has 0 radical (unpaired) electrons. The van der Waals surface area contributed by atoms with Gasteiger partial charge in [-0.15, -0.1) is 0 Å². The molecule has 5 heteroatoms. The second-order valence-electron chi connectivity index (χ2n) is 3.66. The average molecular weight is 240 g/mol. The molecule has 1 aromatic rings. The number of carbonyl (C=O) groups excluding carboxylic acids is 1. The smallest absolute Gasteiger partial charge is 0.257 e. The zero-order valence-corrected chi connectivity index (χ0v) is 10.3. The van der Waals surface area contributed by atoms with E-state index in [-0.39, 0.29) is 11.8 Å². The molecule has 1 heterocycles. The van der Waals surface area contributed by atoms with Crippen LogP contribution in [0.1, 0.15) is 24.2 Å².